The Hall–Kier alpha value is -0.320. The van der Waals surface area contributed by atoms with Gasteiger partial charge in [-0.2, -0.15) is 0 Å². The molecule has 86 valence electrons. The largest absolute Gasteiger partial charge is 0.466 e. The van der Waals surface area contributed by atoms with Crippen LogP contribution in [0.4, 0.5) is 0 Å². The first kappa shape index (κ1) is 14.7. The van der Waals surface area contributed by atoms with Gasteiger partial charge in [-0.05, 0) is 29.3 Å². The minimum absolute atomic E-state index is 0.237. The summed E-state index contributed by atoms with van der Waals surface area (Å²) in [5.74, 6) is 0.832. The molecule has 0 spiro atoms. The quantitative estimate of drug-likeness (QED) is 0.438. The summed E-state index contributed by atoms with van der Waals surface area (Å²) in [6.07, 6.45) is 5.03. The van der Waals surface area contributed by atoms with Crippen LogP contribution in [0.3, 0.4) is 0 Å². The minimum atomic E-state index is -0.237. The molecule has 2 nitrogen and oxygen atoms in total. The number of ether oxygens (including phenoxy) is 1. The van der Waals surface area contributed by atoms with Crippen LogP contribution in [-0.4, -0.2) is 13.1 Å². The van der Waals surface area contributed by atoms with E-state index in [-0.39, 0.29) is 5.97 Å². The molecule has 0 N–H and O–H groups in total. The molecule has 0 unspecified atom stereocenters. The van der Waals surface area contributed by atoms with Crippen LogP contribution in [0.25, 0.3) is 0 Å². The molecule has 0 aromatic carbocycles. The molecule has 0 saturated carbocycles. The van der Waals surface area contributed by atoms with Crippen molar-refractivity contribution in [2.75, 3.05) is 7.11 Å². The molecular formula is C12H19IO2. The zero-order chi connectivity index (χ0) is 11.8. The summed E-state index contributed by atoms with van der Waals surface area (Å²) in [6, 6.07) is 0. The molecule has 0 fully saturated rings. The van der Waals surface area contributed by atoms with Gasteiger partial charge in [0.2, 0.25) is 0 Å². The van der Waals surface area contributed by atoms with E-state index in [2.05, 4.69) is 47.3 Å². The van der Waals surface area contributed by atoms with E-state index in [4.69, 9.17) is 0 Å². The third-order valence-electron chi connectivity index (χ3n) is 2.58. The Morgan fingerprint density at radius 2 is 2.07 bits per heavy atom. The molecule has 0 heterocycles. The number of rotatable bonds is 5. The average Bonchev–Trinajstić information content (AvgIpc) is 2.24. The van der Waals surface area contributed by atoms with Crippen molar-refractivity contribution in [1.29, 1.82) is 0 Å². The summed E-state index contributed by atoms with van der Waals surface area (Å²) in [5.41, 5.74) is 0.690. The number of hydrogen-bond acceptors (Lipinski definition) is 2. The van der Waals surface area contributed by atoms with Crippen molar-refractivity contribution < 1.29 is 9.53 Å². The molecule has 0 radical (unpaired) electrons. The van der Waals surface area contributed by atoms with Gasteiger partial charge in [-0.25, -0.2) is 4.79 Å². The van der Waals surface area contributed by atoms with Crippen LogP contribution in [0.2, 0.25) is 0 Å². The Balaban J connectivity index is 4.19. The summed E-state index contributed by atoms with van der Waals surface area (Å²) >= 11 is 2.22. The monoisotopic (exact) mass is 322 g/mol. The van der Waals surface area contributed by atoms with Gasteiger partial charge in [-0.1, -0.05) is 48.6 Å². The molecule has 0 aliphatic rings. The molecule has 0 aromatic heterocycles. The highest BCUT2D eigenvalue weighted by Gasteiger charge is 2.09. The first-order chi connectivity index (χ1) is 7.02. The normalized spacial score (nSPS) is 16.5. The van der Waals surface area contributed by atoms with Gasteiger partial charge in [0.1, 0.15) is 0 Å². The van der Waals surface area contributed by atoms with Crippen LogP contribution >= 0.6 is 22.6 Å². The van der Waals surface area contributed by atoms with E-state index in [0.717, 1.165) is 6.42 Å². The van der Waals surface area contributed by atoms with Gasteiger partial charge in [0, 0.05) is 5.57 Å². The van der Waals surface area contributed by atoms with Gasteiger partial charge >= 0.3 is 5.97 Å². The standard InChI is InChI=1S/C12H19IO2/c1-9(10(2)7-8-13)5-6-11(3)12(14)15-4/h6-10H,5H2,1-4H3/b8-7-,11-6-/t9-,10-/m0/s1. The molecule has 0 bridgehead atoms. The summed E-state index contributed by atoms with van der Waals surface area (Å²) in [7, 11) is 1.41. The highest BCUT2D eigenvalue weighted by atomic mass is 127. The van der Waals surface area contributed by atoms with Crippen LogP contribution in [0.5, 0.6) is 0 Å². The number of esters is 1. The Morgan fingerprint density at radius 3 is 2.53 bits per heavy atom. The third-order valence-corrected chi connectivity index (χ3v) is 2.99. The maximum absolute atomic E-state index is 11.1. The van der Waals surface area contributed by atoms with E-state index in [1.807, 2.05) is 10.2 Å². The average molecular weight is 322 g/mol. The highest BCUT2D eigenvalue weighted by Crippen LogP contribution is 2.18. The Labute approximate surface area is 106 Å². The summed E-state index contributed by atoms with van der Waals surface area (Å²) in [5, 5.41) is 0. The van der Waals surface area contributed by atoms with Crippen molar-refractivity contribution in [2.45, 2.75) is 27.2 Å². The summed E-state index contributed by atoms with van der Waals surface area (Å²) in [6.45, 7) is 6.15. The van der Waals surface area contributed by atoms with E-state index >= 15 is 0 Å². The second-order valence-corrected chi connectivity index (χ2v) is 4.49. The zero-order valence-corrected chi connectivity index (χ0v) is 11.9. The fraction of sp³-hybridized carbons (Fsp3) is 0.583. The lowest BCUT2D eigenvalue weighted by molar-refractivity contribution is -0.136. The Morgan fingerprint density at radius 1 is 1.47 bits per heavy atom. The molecule has 15 heavy (non-hydrogen) atoms. The summed E-state index contributed by atoms with van der Waals surface area (Å²) < 4.78 is 6.67. The van der Waals surface area contributed by atoms with Crippen LogP contribution in [0, 0.1) is 11.8 Å². The van der Waals surface area contributed by atoms with Crippen molar-refractivity contribution in [3.63, 3.8) is 0 Å². The van der Waals surface area contributed by atoms with Crippen LogP contribution < -0.4 is 0 Å². The molecule has 2 atom stereocenters. The third kappa shape index (κ3) is 5.97. The number of allylic oxidation sites excluding steroid dienone is 2. The zero-order valence-electron chi connectivity index (χ0n) is 9.79. The molecule has 0 aliphatic carbocycles. The maximum Gasteiger partial charge on any atom is 0.333 e. The number of carbonyl (C=O) groups excluding carboxylic acids is 1. The molecule has 0 aromatic rings. The van der Waals surface area contributed by atoms with Crippen LogP contribution in [-0.2, 0) is 9.53 Å². The van der Waals surface area contributed by atoms with E-state index in [9.17, 15) is 4.79 Å². The number of carbonyl (C=O) groups is 1. The first-order valence-electron chi connectivity index (χ1n) is 5.04. The van der Waals surface area contributed by atoms with Gasteiger partial charge in [0.25, 0.3) is 0 Å². The van der Waals surface area contributed by atoms with Crippen LogP contribution in [0.1, 0.15) is 27.2 Å². The molecule has 0 aliphatic heterocycles. The van der Waals surface area contributed by atoms with Gasteiger partial charge in [-0.15, -0.1) is 0 Å². The Kier molecular flexibility index (Phi) is 7.74. The van der Waals surface area contributed by atoms with E-state index < -0.39 is 0 Å². The van der Waals surface area contributed by atoms with Crippen molar-refractivity contribution >= 4 is 28.6 Å². The highest BCUT2D eigenvalue weighted by molar-refractivity contribution is 14.1. The van der Waals surface area contributed by atoms with E-state index in [1.165, 1.54) is 7.11 Å². The predicted octanol–water partition coefficient (Wildman–Crippen LogP) is 3.72. The van der Waals surface area contributed by atoms with Gasteiger partial charge in [0.15, 0.2) is 0 Å². The Bertz CT molecular complexity index is 256. The van der Waals surface area contributed by atoms with Gasteiger partial charge in [-0.3, -0.25) is 0 Å². The minimum Gasteiger partial charge on any atom is -0.466 e. The van der Waals surface area contributed by atoms with Gasteiger partial charge < -0.3 is 4.74 Å². The molecule has 0 rings (SSSR count). The van der Waals surface area contributed by atoms with Crippen molar-refractivity contribution in [1.82, 2.24) is 0 Å². The van der Waals surface area contributed by atoms with Gasteiger partial charge in [0.05, 0.1) is 7.11 Å². The number of methoxy groups -OCH3 is 1. The molecule has 3 heteroatoms. The summed E-state index contributed by atoms with van der Waals surface area (Å²) in [4.78, 5) is 11.1. The lowest BCUT2D eigenvalue weighted by atomic mass is 9.92. The SMILES string of the molecule is COC(=O)/C(C)=C\C[C@H](C)[C@@H](C)/C=C\I. The first-order valence-corrected chi connectivity index (χ1v) is 6.29. The van der Waals surface area contributed by atoms with E-state index in [0.29, 0.717) is 17.4 Å². The van der Waals surface area contributed by atoms with Crippen molar-refractivity contribution in [2.24, 2.45) is 11.8 Å². The fourth-order valence-corrected chi connectivity index (χ4v) is 1.78. The second-order valence-electron chi connectivity index (χ2n) is 3.77. The van der Waals surface area contributed by atoms with E-state index in [1.54, 1.807) is 6.92 Å². The molecular weight excluding hydrogens is 303 g/mol. The van der Waals surface area contributed by atoms with Crippen molar-refractivity contribution in [3.05, 3.63) is 21.8 Å². The number of hydrogen-bond donors (Lipinski definition) is 0. The smallest absolute Gasteiger partial charge is 0.333 e. The fourth-order valence-electron chi connectivity index (χ4n) is 1.13. The predicted molar refractivity (Wildman–Crippen MR) is 71.9 cm³/mol. The lowest BCUT2D eigenvalue weighted by Gasteiger charge is -2.14. The number of halogens is 1. The van der Waals surface area contributed by atoms with Crippen molar-refractivity contribution in [3.8, 4) is 0 Å². The lowest BCUT2D eigenvalue weighted by Crippen LogP contribution is -2.06. The molecule has 0 saturated heterocycles. The second kappa shape index (κ2) is 7.91. The maximum atomic E-state index is 11.1. The molecule has 0 amide bonds. The van der Waals surface area contributed by atoms with Crippen LogP contribution in [0.15, 0.2) is 21.8 Å². The topological polar surface area (TPSA) is 26.3 Å².